The molecule has 0 saturated heterocycles. The molecule has 0 spiro atoms. The Hall–Kier alpha value is -2.00. The van der Waals surface area contributed by atoms with E-state index in [0.29, 0.717) is 0 Å². The molecule has 0 heterocycles. The normalized spacial score (nSPS) is 9.40. The lowest BCUT2D eigenvalue weighted by atomic mass is 10.0. The van der Waals surface area contributed by atoms with Crippen LogP contribution >= 0.6 is 0 Å². The first-order valence-corrected chi connectivity index (χ1v) is 4.92. The van der Waals surface area contributed by atoms with Crippen LogP contribution in [-0.2, 0) is 0 Å². The highest BCUT2D eigenvalue weighted by molar-refractivity contribution is 5.88. The second-order valence-electron chi connectivity index (χ2n) is 3.56. The van der Waals surface area contributed by atoms with Crippen molar-refractivity contribution in [2.75, 3.05) is 0 Å². The molecule has 0 radical (unpaired) electrons. The quantitative estimate of drug-likeness (QED) is 0.557. The second kappa shape index (κ2) is 4.02. The van der Waals surface area contributed by atoms with Gasteiger partial charge in [0.1, 0.15) is 0 Å². The number of benzene rings is 2. The van der Waals surface area contributed by atoms with E-state index in [4.69, 9.17) is 0 Å². The first-order valence-electron chi connectivity index (χ1n) is 4.92. The highest BCUT2D eigenvalue weighted by Gasteiger charge is 1.95. The standard InChI is InChI=1S/C15H12/c1-12(2)10-11-14-8-5-7-13-6-3-4-9-15(13)14/h3-9H,1H2,2H3. The molecule has 0 aliphatic carbocycles. The van der Waals surface area contributed by atoms with Crippen LogP contribution in [0.3, 0.4) is 0 Å². The maximum Gasteiger partial charge on any atom is 0.0327 e. The molecular weight excluding hydrogens is 180 g/mol. The van der Waals surface area contributed by atoms with Crippen LogP contribution in [-0.4, -0.2) is 0 Å². The van der Waals surface area contributed by atoms with E-state index in [1.165, 1.54) is 10.8 Å². The Morgan fingerprint density at radius 2 is 1.80 bits per heavy atom. The smallest absolute Gasteiger partial charge is 0.0327 e. The lowest BCUT2D eigenvalue weighted by molar-refractivity contribution is 1.62. The fourth-order valence-electron chi connectivity index (χ4n) is 1.51. The van der Waals surface area contributed by atoms with Crippen LogP contribution in [0.2, 0.25) is 0 Å². The summed E-state index contributed by atoms with van der Waals surface area (Å²) in [6.45, 7) is 5.69. The van der Waals surface area contributed by atoms with E-state index in [0.717, 1.165) is 11.1 Å². The van der Waals surface area contributed by atoms with Gasteiger partial charge in [0.25, 0.3) is 0 Å². The summed E-state index contributed by atoms with van der Waals surface area (Å²) in [5.74, 6) is 6.15. The molecule has 0 amide bonds. The van der Waals surface area contributed by atoms with Crippen LogP contribution in [0, 0.1) is 11.8 Å². The Kier molecular flexibility index (Phi) is 2.56. The monoisotopic (exact) mass is 192 g/mol. The van der Waals surface area contributed by atoms with Crippen molar-refractivity contribution in [2.24, 2.45) is 0 Å². The van der Waals surface area contributed by atoms with Gasteiger partial charge < -0.3 is 0 Å². The zero-order valence-electron chi connectivity index (χ0n) is 8.75. The molecule has 0 fully saturated rings. The molecule has 0 saturated carbocycles. The average molecular weight is 192 g/mol. The minimum Gasteiger partial charge on any atom is -0.0877 e. The summed E-state index contributed by atoms with van der Waals surface area (Å²) in [5, 5.41) is 2.43. The van der Waals surface area contributed by atoms with Gasteiger partial charge in [0.15, 0.2) is 0 Å². The van der Waals surface area contributed by atoms with Crippen LogP contribution in [0.25, 0.3) is 10.8 Å². The molecule has 2 aromatic rings. The van der Waals surface area contributed by atoms with Crippen molar-refractivity contribution in [3.05, 3.63) is 60.2 Å². The molecule has 72 valence electrons. The molecule has 0 heteroatoms. The van der Waals surface area contributed by atoms with Crippen molar-refractivity contribution in [2.45, 2.75) is 6.92 Å². The van der Waals surface area contributed by atoms with Gasteiger partial charge in [0, 0.05) is 5.56 Å². The minimum absolute atomic E-state index is 0.892. The molecule has 0 bridgehead atoms. The fraction of sp³-hybridized carbons (Fsp3) is 0.0667. The topological polar surface area (TPSA) is 0 Å². The van der Waals surface area contributed by atoms with Gasteiger partial charge in [0.05, 0.1) is 0 Å². The fourth-order valence-corrected chi connectivity index (χ4v) is 1.51. The van der Waals surface area contributed by atoms with Crippen molar-refractivity contribution in [1.82, 2.24) is 0 Å². The lowest BCUT2D eigenvalue weighted by Crippen LogP contribution is -1.78. The van der Waals surface area contributed by atoms with E-state index >= 15 is 0 Å². The van der Waals surface area contributed by atoms with Crippen molar-refractivity contribution < 1.29 is 0 Å². The predicted molar refractivity (Wildman–Crippen MR) is 65.6 cm³/mol. The minimum atomic E-state index is 0.892. The van der Waals surface area contributed by atoms with E-state index in [1.807, 2.05) is 31.2 Å². The summed E-state index contributed by atoms with van der Waals surface area (Å²) in [7, 11) is 0. The summed E-state index contributed by atoms with van der Waals surface area (Å²) in [4.78, 5) is 0. The van der Waals surface area contributed by atoms with Gasteiger partial charge >= 0.3 is 0 Å². The third kappa shape index (κ3) is 2.08. The number of allylic oxidation sites excluding steroid dienone is 1. The van der Waals surface area contributed by atoms with Crippen LogP contribution in [0.15, 0.2) is 54.6 Å². The van der Waals surface area contributed by atoms with Gasteiger partial charge in [0.2, 0.25) is 0 Å². The summed E-state index contributed by atoms with van der Waals surface area (Å²) in [5.41, 5.74) is 1.96. The molecule has 0 unspecified atom stereocenters. The van der Waals surface area contributed by atoms with E-state index < -0.39 is 0 Å². The SMILES string of the molecule is C=C(C)C#Cc1cccc2ccccc12. The number of rotatable bonds is 0. The van der Waals surface area contributed by atoms with Crippen molar-refractivity contribution >= 4 is 10.8 Å². The Bertz CT molecular complexity index is 560. The number of hydrogen-bond acceptors (Lipinski definition) is 0. The summed E-state index contributed by atoms with van der Waals surface area (Å²) in [6.07, 6.45) is 0. The third-order valence-corrected chi connectivity index (χ3v) is 2.20. The zero-order chi connectivity index (χ0) is 10.7. The predicted octanol–water partition coefficient (Wildman–Crippen LogP) is 3.77. The van der Waals surface area contributed by atoms with Crippen LogP contribution < -0.4 is 0 Å². The van der Waals surface area contributed by atoms with Crippen molar-refractivity contribution in [3.63, 3.8) is 0 Å². The van der Waals surface area contributed by atoms with E-state index in [-0.39, 0.29) is 0 Å². The van der Waals surface area contributed by atoms with Gasteiger partial charge in [-0.3, -0.25) is 0 Å². The van der Waals surface area contributed by atoms with Crippen LogP contribution in [0.1, 0.15) is 12.5 Å². The van der Waals surface area contributed by atoms with E-state index in [9.17, 15) is 0 Å². The summed E-state index contributed by atoms with van der Waals surface area (Å²) >= 11 is 0. The largest absolute Gasteiger partial charge is 0.0877 e. The maximum atomic E-state index is 3.78. The summed E-state index contributed by atoms with van der Waals surface area (Å²) < 4.78 is 0. The molecule has 2 aromatic carbocycles. The number of fused-ring (bicyclic) bond motifs is 1. The highest BCUT2D eigenvalue weighted by Crippen LogP contribution is 2.17. The Morgan fingerprint density at radius 1 is 1.07 bits per heavy atom. The average Bonchev–Trinajstić information content (AvgIpc) is 2.26. The van der Waals surface area contributed by atoms with E-state index in [1.54, 1.807) is 0 Å². The zero-order valence-corrected chi connectivity index (χ0v) is 8.75. The molecule has 0 aliphatic heterocycles. The number of hydrogen-bond donors (Lipinski definition) is 0. The molecule has 0 atom stereocenters. The summed E-state index contributed by atoms with van der Waals surface area (Å²) in [6, 6.07) is 14.4. The van der Waals surface area contributed by atoms with Gasteiger partial charge in [-0.25, -0.2) is 0 Å². The first kappa shape index (κ1) is 9.55. The molecule has 0 N–H and O–H groups in total. The van der Waals surface area contributed by atoms with E-state index in [2.05, 4.69) is 36.6 Å². The highest BCUT2D eigenvalue weighted by atomic mass is 14.0. The van der Waals surface area contributed by atoms with Crippen molar-refractivity contribution in [1.29, 1.82) is 0 Å². The van der Waals surface area contributed by atoms with Crippen molar-refractivity contribution in [3.8, 4) is 11.8 Å². The molecule has 2 rings (SSSR count). The molecule has 15 heavy (non-hydrogen) atoms. The Balaban J connectivity index is 2.63. The van der Waals surface area contributed by atoms with Gasteiger partial charge in [-0.05, 0) is 29.3 Å². The van der Waals surface area contributed by atoms with Crippen LogP contribution in [0.5, 0.6) is 0 Å². The maximum absolute atomic E-state index is 3.78. The molecule has 0 aliphatic rings. The molecule has 0 nitrogen and oxygen atoms in total. The molecular formula is C15H12. The second-order valence-corrected chi connectivity index (χ2v) is 3.56. The first-order chi connectivity index (χ1) is 7.27. The lowest BCUT2D eigenvalue weighted by Gasteiger charge is -1.99. The Labute approximate surface area is 90.2 Å². The van der Waals surface area contributed by atoms with Crippen LogP contribution in [0.4, 0.5) is 0 Å². The van der Waals surface area contributed by atoms with Gasteiger partial charge in [-0.1, -0.05) is 54.8 Å². The third-order valence-electron chi connectivity index (χ3n) is 2.20. The van der Waals surface area contributed by atoms with Gasteiger partial charge in [-0.15, -0.1) is 0 Å². The molecule has 0 aromatic heterocycles. The van der Waals surface area contributed by atoms with Gasteiger partial charge in [-0.2, -0.15) is 0 Å². The Morgan fingerprint density at radius 3 is 2.60 bits per heavy atom.